The maximum atomic E-state index is 10.9. The zero-order chi connectivity index (χ0) is 17.8. The topological polar surface area (TPSA) is 84.8 Å². The van der Waals surface area contributed by atoms with Crippen molar-refractivity contribution in [3.05, 3.63) is 41.6 Å². The largest absolute Gasteiger partial charge is 0.493 e. The number of carboxylic acids is 1. The average molecular weight is 343 g/mol. The first-order valence-electron chi connectivity index (χ1n) is 8.13. The van der Waals surface area contributed by atoms with Crippen LogP contribution in [0.5, 0.6) is 11.5 Å². The van der Waals surface area contributed by atoms with Crippen LogP contribution in [0, 0.1) is 5.92 Å². The van der Waals surface area contributed by atoms with E-state index in [-0.39, 0.29) is 5.69 Å². The number of aromatic nitrogens is 2. The molecule has 1 aromatic carbocycles. The van der Waals surface area contributed by atoms with Crippen LogP contribution in [-0.2, 0) is 6.42 Å². The Labute approximate surface area is 146 Å². The zero-order valence-corrected chi connectivity index (χ0v) is 14.3. The van der Waals surface area contributed by atoms with Crippen LogP contribution in [0.4, 0.5) is 5.82 Å². The van der Waals surface area contributed by atoms with Crippen molar-refractivity contribution in [2.24, 2.45) is 5.92 Å². The molecule has 1 aliphatic rings. The van der Waals surface area contributed by atoms with Gasteiger partial charge in [0.15, 0.2) is 23.0 Å². The van der Waals surface area contributed by atoms with Gasteiger partial charge >= 0.3 is 5.97 Å². The lowest BCUT2D eigenvalue weighted by atomic mass is 9.98. The molecule has 0 amide bonds. The average Bonchev–Trinajstić information content (AvgIpc) is 3.10. The Kier molecular flexibility index (Phi) is 5.02. The predicted octanol–water partition coefficient (Wildman–Crippen LogP) is 2.26. The van der Waals surface area contributed by atoms with Crippen LogP contribution in [0.2, 0.25) is 0 Å². The molecule has 1 atom stereocenters. The number of rotatable bonds is 6. The molecular weight excluding hydrogens is 322 g/mol. The van der Waals surface area contributed by atoms with Crippen LogP contribution in [0.25, 0.3) is 0 Å². The van der Waals surface area contributed by atoms with Crippen molar-refractivity contribution in [3.63, 3.8) is 0 Å². The van der Waals surface area contributed by atoms with Gasteiger partial charge in [0.25, 0.3) is 0 Å². The molecule has 25 heavy (non-hydrogen) atoms. The van der Waals surface area contributed by atoms with Crippen LogP contribution in [0.1, 0.15) is 22.5 Å². The minimum atomic E-state index is -1.06. The molecule has 1 aliphatic heterocycles. The van der Waals surface area contributed by atoms with Gasteiger partial charge in [-0.05, 0) is 48.6 Å². The third-order valence-electron chi connectivity index (χ3n) is 4.45. The van der Waals surface area contributed by atoms with Gasteiger partial charge in [0.2, 0.25) is 0 Å². The van der Waals surface area contributed by atoms with Gasteiger partial charge in [0.05, 0.1) is 14.2 Å². The first kappa shape index (κ1) is 17.0. The standard InChI is InChI=1S/C18H21N3O4/c1-24-15-5-3-12(10-16(15)25-2)9-13-7-8-21(11-13)17-6-4-14(18(22)23)19-20-17/h3-6,10,13H,7-9,11H2,1-2H3,(H,22,23). The normalized spacial score (nSPS) is 16.7. The first-order valence-corrected chi connectivity index (χ1v) is 8.13. The number of ether oxygens (including phenoxy) is 2. The highest BCUT2D eigenvalue weighted by molar-refractivity contribution is 5.85. The maximum Gasteiger partial charge on any atom is 0.356 e. The fourth-order valence-electron chi connectivity index (χ4n) is 3.16. The number of nitrogens with zero attached hydrogens (tertiary/aromatic N) is 3. The molecule has 2 heterocycles. The van der Waals surface area contributed by atoms with Crippen LogP contribution < -0.4 is 14.4 Å². The second kappa shape index (κ2) is 7.38. The van der Waals surface area contributed by atoms with Crippen molar-refractivity contribution in [1.29, 1.82) is 0 Å². The van der Waals surface area contributed by atoms with Crippen molar-refractivity contribution < 1.29 is 19.4 Å². The van der Waals surface area contributed by atoms with Gasteiger partial charge in [0, 0.05) is 13.1 Å². The molecule has 1 saturated heterocycles. The zero-order valence-electron chi connectivity index (χ0n) is 14.3. The number of benzene rings is 1. The Morgan fingerprint density at radius 1 is 1.20 bits per heavy atom. The number of hydrogen-bond acceptors (Lipinski definition) is 6. The predicted molar refractivity (Wildman–Crippen MR) is 92.6 cm³/mol. The summed E-state index contributed by atoms with van der Waals surface area (Å²) in [6, 6.07) is 9.22. The second-order valence-corrected chi connectivity index (χ2v) is 6.08. The lowest BCUT2D eigenvalue weighted by Crippen LogP contribution is -2.22. The highest BCUT2D eigenvalue weighted by Crippen LogP contribution is 2.30. The number of methoxy groups -OCH3 is 2. The molecule has 0 radical (unpaired) electrons. The summed E-state index contributed by atoms with van der Waals surface area (Å²) in [5.74, 6) is 1.63. The van der Waals surface area contributed by atoms with Gasteiger partial charge in [-0.15, -0.1) is 10.2 Å². The molecule has 1 fully saturated rings. The molecule has 0 aliphatic carbocycles. The van der Waals surface area contributed by atoms with E-state index < -0.39 is 5.97 Å². The molecule has 1 unspecified atom stereocenters. The number of carbonyl (C=O) groups is 1. The van der Waals surface area contributed by atoms with Gasteiger partial charge < -0.3 is 19.5 Å². The summed E-state index contributed by atoms with van der Waals surface area (Å²) < 4.78 is 10.6. The first-order chi connectivity index (χ1) is 12.1. The monoisotopic (exact) mass is 343 g/mol. The molecule has 7 heteroatoms. The van der Waals surface area contributed by atoms with Gasteiger partial charge in [-0.2, -0.15) is 0 Å². The molecule has 3 rings (SSSR count). The van der Waals surface area contributed by atoms with Crippen molar-refractivity contribution in [2.75, 3.05) is 32.2 Å². The van der Waals surface area contributed by atoms with Crippen LogP contribution >= 0.6 is 0 Å². The van der Waals surface area contributed by atoms with E-state index in [9.17, 15) is 4.79 Å². The summed E-state index contributed by atoms with van der Waals surface area (Å²) in [5.41, 5.74) is 1.17. The smallest absolute Gasteiger partial charge is 0.356 e. The van der Waals surface area contributed by atoms with E-state index in [1.54, 1.807) is 20.3 Å². The van der Waals surface area contributed by atoms with Gasteiger partial charge in [-0.3, -0.25) is 0 Å². The fraction of sp³-hybridized carbons (Fsp3) is 0.389. The number of aromatic carboxylic acids is 1. The Hall–Kier alpha value is -2.83. The van der Waals surface area contributed by atoms with E-state index in [2.05, 4.69) is 21.2 Å². The van der Waals surface area contributed by atoms with Gasteiger partial charge in [0.1, 0.15) is 0 Å². The Morgan fingerprint density at radius 2 is 2.00 bits per heavy atom. The highest BCUT2D eigenvalue weighted by atomic mass is 16.5. The van der Waals surface area contributed by atoms with Crippen molar-refractivity contribution in [2.45, 2.75) is 12.8 Å². The minimum absolute atomic E-state index is 0.0372. The second-order valence-electron chi connectivity index (χ2n) is 6.08. The van der Waals surface area contributed by atoms with Crippen molar-refractivity contribution in [1.82, 2.24) is 10.2 Å². The molecule has 0 saturated carbocycles. The van der Waals surface area contributed by atoms with Crippen LogP contribution in [0.15, 0.2) is 30.3 Å². The molecule has 0 spiro atoms. The summed E-state index contributed by atoms with van der Waals surface area (Å²) >= 11 is 0. The van der Waals surface area contributed by atoms with Gasteiger partial charge in [-0.1, -0.05) is 6.07 Å². The Morgan fingerprint density at radius 3 is 2.64 bits per heavy atom. The van der Waals surface area contributed by atoms with Crippen molar-refractivity contribution >= 4 is 11.8 Å². The summed E-state index contributed by atoms with van der Waals surface area (Å²) in [6.07, 6.45) is 1.99. The van der Waals surface area contributed by atoms with E-state index in [0.29, 0.717) is 5.92 Å². The van der Waals surface area contributed by atoms with Crippen LogP contribution in [0.3, 0.4) is 0 Å². The molecule has 132 valence electrons. The third kappa shape index (κ3) is 3.81. The Balaban J connectivity index is 1.64. The molecule has 0 bridgehead atoms. The number of hydrogen-bond donors (Lipinski definition) is 1. The van der Waals surface area contributed by atoms with E-state index in [0.717, 1.165) is 43.2 Å². The van der Waals surface area contributed by atoms with Crippen LogP contribution in [-0.4, -0.2) is 48.6 Å². The molecule has 2 aromatic rings. The Bertz CT molecular complexity index is 748. The van der Waals surface area contributed by atoms with Gasteiger partial charge in [-0.25, -0.2) is 4.79 Å². The molecule has 7 nitrogen and oxygen atoms in total. The fourth-order valence-corrected chi connectivity index (χ4v) is 3.16. The summed E-state index contributed by atoms with van der Waals surface area (Å²) in [6.45, 7) is 1.76. The summed E-state index contributed by atoms with van der Waals surface area (Å²) in [4.78, 5) is 13.0. The minimum Gasteiger partial charge on any atom is -0.493 e. The number of carboxylic acid groups (broad SMARTS) is 1. The third-order valence-corrected chi connectivity index (χ3v) is 4.45. The molecule has 1 N–H and O–H groups in total. The quantitative estimate of drug-likeness (QED) is 0.861. The van der Waals surface area contributed by atoms with Crippen molar-refractivity contribution in [3.8, 4) is 11.5 Å². The maximum absolute atomic E-state index is 10.9. The van der Waals surface area contributed by atoms with E-state index in [1.165, 1.54) is 11.6 Å². The van der Waals surface area contributed by atoms with E-state index in [1.807, 2.05) is 12.1 Å². The highest BCUT2D eigenvalue weighted by Gasteiger charge is 2.24. The summed E-state index contributed by atoms with van der Waals surface area (Å²) in [7, 11) is 3.27. The number of anilines is 1. The summed E-state index contributed by atoms with van der Waals surface area (Å²) in [5, 5.41) is 16.7. The van der Waals surface area contributed by atoms with E-state index in [4.69, 9.17) is 14.6 Å². The lowest BCUT2D eigenvalue weighted by molar-refractivity contribution is 0.0689. The lowest BCUT2D eigenvalue weighted by Gasteiger charge is -2.17. The van der Waals surface area contributed by atoms with E-state index >= 15 is 0 Å². The molecule has 1 aromatic heterocycles. The SMILES string of the molecule is COc1ccc(CC2CCN(c3ccc(C(=O)O)nn3)C2)cc1OC. The molecular formula is C18H21N3O4.